The molecule has 0 aliphatic heterocycles. The number of carbonyl (C=O) groups is 2. The summed E-state index contributed by atoms with van der Waals surface area (Å²) in [4.78, 5) is 23.4. The lowest BCUT2D eigenvalue weighted by Gasteiger charge is -2.16. The molecule has 1 aromatic carbocycles. The summed E-state index contributed by atoms with van der Waals surface area (Å²) >= 11 is 0. The second-order valence-electron chi connectivity index (χ2n) is 4.54. The first-order valence-electron chi connectivity index (χ1n) is 6.84. The van der Waals surface area contributed by atoms with E-state index in [9.17, 15) is 22.8 Å². The maximum Gasteiger partial charge on any atom is 0.573 e. The number of methoxy groups -OCH3 is 1. The second kappa shape index (κ2) is 8.92. The molecule has 0 saturated carbocycles. The van der Waals surface area contributed by atoms with Gasteiger partial charge in [0.1, 0.15) is 6.61 Å². The maximum absolute atomic E-state index is 12.5. The summed E-state index contributed by atoms with van der Waals surface area (Å²) in [5.74, 6) is -2.80. The smallest absolute Gasteiger partial charge is 0.486 e. The lowest BCUT2D eigenvalue weighted by atomic mass is 10.1. The van der Waals surface area contributed by atoms with Crippen LogP contribution in [0.3, 0.4) is 0 Å². The minimum Gasteiger partial charge on any atom is -0.486 e. The van der Waals surface area contributed by atoms with E-state index in [1.807, 2.05) is 0 Å². The van der Waals surface area contributed by atoms with E-state index < -0.39 is 36.6 Å². The minimum absolute atomic E-state index is 0.0747. The zero-order valence-corrected chi connectivity index (χ0v) is 13.1. The van der Waals surface area contributed by atoms with Crippen molar-refractivity contribution in [1.29, 1.82) is 0 Å². The van der Waals surface area contributed by atoms with E-state index in [0.29, 0.717) is 0 Å². The molecule has 0 saturated heterocycles. The molecular weight excluding hydrogens is 347 g/mol. The van der Waals surface area contributed by atoms with Crippen molar-refractivity contribution in [2.24, 2.45) is 0 Å². The van der Waals surface area contributed by atoms with Gasteiger partial charge in [0.15, 0.2) is 17.5 Å². The normalized spacial score (nSPS) is 12.0. The van der Waals surface area contributed by atoms with Gasteiger partial charge in [-0.25, -0.2) is 4.79 Å². The number of rotatable bonds is 8. The number of alkyl halides is 3. The predicted octanol–water partition coefficient (Wildman–Crippen LogP) is 1.41. The Morgan fingerprint density at radius 1 is 1.36 bits per heavy atom. The van der Waals surface area contributed by atoms with Crippen molar-refractivity contribution < 1.29 is 42.1 Å². The largest absolute Gasteiger partial charge is 0.573 e. The van der Waals surface area contributed by atoms with E-state index in [-0.39, 0.29) is 17.9 Å². The molecule has 0 aliphatic rings. The fourth-order valence-corrected chi connectivity index (χ4v) is 1.68. The Labute approximate surface area is 141 Å². The number of nitrogens with one attached hydrogen (secondary N) is 1. The quantitative estimate of drug-likeness (QED) is 0.536. The Kier molecular flexibility index (Phi) is 7.24. The molecule has 0 bridgehead atoms. The number of benzene rings is 1. The van der Waals surface area contributed by atoms with Crippen molar-refractivity contribution in [2.45, 2.75) is 12.4 Å². The first kappa shape index (κ1) is 20.3. The highest BCUT2D eigenvalue weighted by atomic mass is 19.4. The lowest BCUT2D eigenvalue weighted by Crippen LogP contribution is -2.44. The van der Waals surface area contributed by atoms with E-state index in [4.69, 9.17) is 9.84 Å². The molecule has 10 heteroatoms. The number of aliphatic hydroxyl groups excluding tert-OH is 1. The molecule has 0 aliphatic carbocycles. The van der Waals surface area contributed by atoms with Gasteiger partial charge >= 0.3 is 12.3 Å². The molecule has 7 nitrogen and oxygen atoms in total. The predicted molar refractivity (Wildman–Crippen MR) is 79.2 cm³/mol. The highest BCUT2D eigenvalue weighted by molar-refractivity contribution is 5.97. The molecule has 0 spiro atoms. The van der Waals surface area contributed by atoms with Gasteiger partial charge in [-0.3, -0.25) is 4.79 Å². The highest BCUT2D eigenvalue weighted by Gasteiger charge is 2.33. The molecule has 1 atom stereocenters. The molecule has 1 rings (SSSR count). The van der Waals surface area contributed by atoms with Crippen LogP contribution in [-0.4, -0.2) is 49.7 Å². The molecule has 1 aromatic rings. The zero-order chi connectivity index (χ0) is 19.0. The SMILES string of the molecule is C=CCOc1ccc(C(=O)NC(CO)C(=O)OC)cc1OC(F)(F)F. The van der Waals surface area contributed by atoms with Crippen molar-refractivity contribution in [1.82, 2.24) is 5.32 Å². The molecule has 138 valence electrons. The van der Waals surface area contributed by atoms with Gasteiger partial charge < -0.3 is 24.6 Å². The minimum atomic E-state index is -5.00. The molecule has 1 amide bonds. The zero-order valence-electron chi connectivity index (χ0n) is 13.1. The standard InChI is InChI=1S/C15H16F3NO6/c1-3-6-24-11-5-4-9(7-12(11)25-15(16,17)18)13(21)19-10(8-20)14(22)23-2/h3-5,7,10,20H,1,6,8H2,2H3,(H,19,21). The molecule has 0 fully saturated rings. The number of ether oxygens (including phenoxy) is 3. The summed E-state index contributed by atoms with van der Waals surface area (Å²) in [6.45, 7) is 2.55. The summed E-state index contributed by atoms with van der Waals surface area (Å²) in [5, 5.41) is 11.2. The van der Waals surface area contributed by atoms with Crippen LogP contribution in [0.25, 0.3) is 0 Å². The second-order valence-corrected chi connectivity index (χ2v) is 4.54. The molecule has 0 aromatic heterocycles. The summed E-state index contributed by atoms with van der Waals surface area (Å²) in [6.07, 6.45) is -3.68. The third kappa shape index (κ3) is 6.34. The Bertz CT molecular complexity index is 632. The average molecular weight is 363 g/mol. The topological polar surface area (TPSA) is 94.1 Å². The number of aliphatic hydroxyl groups is 1. The number of halogens is 3. The number of hydrogen-bond acceptors (Lipinski definition) is 6. The van der Waals surface area contributed by atoms with Crippen LogP contribution < -0.4 is 14.8 Å². The first-order chi connectivity index (χ1) is 11.7. The summed E-state index contributed by atoms with van der Waals surface area (Å²) in [6, 6.07) is 1.71. The van der Waals surface area contributed by atoms with Gasteiger partial charge in [0.2, 0.25) is 0 Å². The van der Waals surface area contributed by atoms with E-state index in [0.717, 1.165) is 19.2 Å². The van der Waals surface area contributed by atoms with Gasteiger partial charge in [0, 0.05) is 5.56 Å². The average Bonchev–Trinajstić information content (AvgIpc) is 2.56. The van der Waals surface area contributed by atoms with Gasteiger partial charge in [-0.15, -0.1) is 13.2 Å². The van der Waals surface area contributed by atoms with E-state index in [1.165, 1.54) is 12.1 Å². The third-order valence-electron chi connectivity index (χ3n) is 2.76. The Hall–Kier alpha value is -2.75. The van der Waals surface area contributed by atoms with Crippen molar-refractivity contribution in [3.63, 3.8) is 0 Å². The molecule has 2 N–H and O–H groups in total. The van der Waals surface area contributed by atoms with E-state index in [1.54, 1.807) is 0 Å². The van der Waals surface area contributed by atoms with Crippen LogP contribution >= 0.6 is 0 Å². The van der Waals surface area contributed by atoms with Crippen molar-refractivity contribution in [2.75, 3.05) is 20.3 Å². The summed E-state index contributed by atoms with van der Waals surface area (Å²) in [7, 11) is 1.05. The molecule has 0 heterocycles. The highest BCUT2D eigenvalue weighted by Crippen LogP contribution is 2.33. The number of carbonyl (C=O) groups excluding carboxylic acids is 2. The lowest BCUT2D eigenvalue weighted by molar-refractivity contribution is -0.275. The Morgan fingerprint density at radius 3 is 2.56 bits per heavy atom. The van der Waals surface area contributed by atoms with Gasteiger partial charge in [-0.05, 0) is 18.2 Å². The van der Waals surface area contributed by atoms with Crippen molar-refractivity contribution >= 4 is 11.9 Å². The summed E-state index contributed by atoms with van der Waals surface area (Å²) < 4.78 is 50.8. The van der Waals surface area contributed by atoms with Crippen molar-refractivity contribution in [3.8, 4) is 11.5 Å². The molecule has 25 heavy (non-hydrogen) atoms. The number of esters is 1. The number of hydrogen-bond donors (Lipinski definition) is 2. The van der Waals surface area contributed by atoms with Crippen LogP contribution in [0, 0.1) is 0 Å². The van der Waals surface area contributed by atoms with Gasteiger partial charge in [0.25, 0.3) is 5.91 Å². The molecule has 0 radical (unpaired) electrons. The van der Waals surface area contributed by atoms with Crippen LogP contribution in [0.4, 0.5) is 13.2 Å². The maximum atomic E-state index is 12.5. The molecular formula is C15H16F3NO6. The third-order valence-corrected chi connectivity index (χ3v) is 2.76. The van der Waals surface area contributed by atoms with E-state index in [2.05, 4.69) is 21.4 Å². The van der Waals surface area contributed by atoms with E-state index >= 15 is 0 Å². The fourth-order valence-electron chi connectivity index (χ4n) is 1.68. The first-order valence-corrected chi connectivity index (χ1v) is 6.84. The van der Waals surface area contributed by atoms with Crippen LogP contribution in [0.15, 0.2) is 30.9 Å². The molecule has 1 unspecified atom stereocenters. The van der Waals surface area contributed by atoms with Crippen LogP contribution in [0.2, 0.25) is 0 Å². The fraction of sp³-hybridized carbons (Fsp3) is 0.333. The van der Waals surface area contributed by atoms with Crippen LogP contribution in [-0.2, 0) is 9.53 Å². The Morgan fingerprint density at radius 2 is 2.04 bits per heavy atom. The summed E-state index contributed by atoms with van der Waals surface area (Å²) in [5.41, 5.74) is -0.243. The van der Waals surface area contributed by atoms with Gasteiger partial charge in [-0.1, -0.05) is 12.7 Å². The van der Waals surface area contributed by atoms with Gasteiger partial charge in [0.05, 0.1) is 13.7 Å². The van der Waals surface area contributed by atoms with Crippen LogP contribution in [0.1, 0.15) is 10.4 Å². The van der Waals surface area contributed by atoms with Crippen molar-refractivity contribution in [3.05, 3.63) is 36.4 Å². The number of amides is 1. The van der Waals surface area contributed by atoms with Gasteiger partial charge in [-0.2, -0.15) is 0 Å². The van der Waals surface area contributed by atoms with Crippen LogP contribution in [0.5, 0.6) is 11.5 Å². The monoisotopic (exact) mass is 363 g/mol. The Balaban J connectivity index is 3.06.